The second kappa shape index (κ2) is 7.58. The van der Waals surface area contributed by atoms with Gasteiger partial charge in [0.1, 0.15) is 5.82 Å². The van der Waals surface area contributed by atoms with Crippen molar-refractivity contribution in [2.45, 2.75) is 23.2 Å². The van der Waals surface area contributed by atoms with E-state index >= 15 is 0 Å². The number of carbonyl (C=O) groups is 1. The summed E-state index contributed by atoms with van der Waals surface area (Å²) in [6, 6.07) is 17.2. The Kier molecular flexibility index (Phi) is 5.01. The van der Waals surface area contributed by atoms with Crippen LogP contribution in [0.3, 0.4) is 0 Å². The van der Waals surface area contributed by atoms with Gasteiger partial charge in [-0.25, -0.2) is 4.98 Å². The minimum Gasteiger partial charge on any atom is -0.310 e. The Morgan fingerprint density at radius 1 is 1.11 bits per heavy atom. The average molecular weight is 398 g/mol. The number of hydrogen-bond acceptors (Lipinski definition) is 4. The Bertz CT molecular complexity index is 1050. The van der Waals surface area contributed by atoms with Crippen LogP contribution in [-0.4, -0.2) is 15.9 Å². The van der Waals surface area contributed by atoms with Crippen LogP contribution < -0.4 is 10.9 Å². The lowest BCUT2D eigenvalue weighted by Crippen LogP contribution is -2.31. The molecule has 27 heavy (non-hydrogen) atoms. The predicted molar refractivity (Wildman–Crippen MR) is 107 cm³/mol. The van der Waals surface area contributed by atoms with Gasteiger partial charge in [0, 0.05) is 23.1 Å². The van der Waals surface area contributed by atoms with E-state index in [1.54, 1.807) is 12.1 Å². The molecule has 0 aliphatic carbocycles. The van der Waals surface area contributed by atoms with Crippen molar-refractivity contribution in [2.24, 2.45) is 0 Å². The van der Waals surface area contributed by atoms with E-state index in [-0.39, 0.29) is 23.8 Å². The van der Waals surface area contributed by atoms with Crippen LogP contribution in [0.2, 0.25) is 5.02 Å². The van der Waals surface area contributed by atoms with Gasteiger partial charge in [0.25, 0.3) is 5.56 Å². The predicted octanol–water partition coefficient (Wildman–Crippen LogP) is 4.19. The van der Waals surface area contributed by atoms with Gasteiger partial charge in [-0.1, -0.05) is 65.8 Å². The van der Waals surface area contributed by atoms with Crippen molar-refractivity contribution in [2.75, 3.05) is 5.32 Å². The van der Waals surface area contributed by atoms with Crippen LogP contribution in [-0.2, 0) is 10.5 Å². The van der Waals surface area contributed by atoms with Crippen LogP contribution in [0, 0.1) is 0 Å². The van der Waals surface area contributed by atoms with Crippen molar-refractivity contribution in [3.63, 3.8) is 0 Å². The molecule has 2 aromatic carbocycles. The molecule has 2 heterocycles. The topological polar surface area (TPSA) is 74.8 Å². The highest BCUT2D eigenvalue weighted by Crippen LogP contribution is 2.35. The number of anilines is 1. The van der Waals surface area contributed by atoms with E-state index in [9.17, 15) is 9.59 Å². The normalized spacial score (nSPS) is 15.9. The molecular weight excluding hydrogens is 382 g/mol. The first-order valence-corrected chi connectivity index (χ1v) is 9.83. The zero-order valence-electron chi connectivity index (χ0n) is 14.2. The summed E-state index contributed by atoms with van der Waals surface area (Å²) in [4.78, 5) is 32.3. The summed E-state index contributed by atoms with van der Waals surface area (Å²) >= 11 is 7.51. The lowest BCUT2D eigenvalue weighted by molar-refractivity contribution is -0.116. The number of H-pyrrole nitrogens is 1. The van der Waals surface area contributed by atoms with Crippen LogP contribution >= 0.6 is 23.4 Å². The molecule has 7 heteroatoms. The molecule has 1 aromatic heterocycles. The quantitative estimate of drug-likeness (QED) is 0.511. The van der Waals surface area contributed by atoms with Crippen molar-refractivity contribution in [3.8, 4) is 0 Å². The van der Waals surface area contributed by atoms with Crippen LogP contribution in [0.5, 0.6) is 0 Å². The molecule has 1 atom stereocenters. The Labute approximate surface area is 165 Å². The third kappa shape index (κ3) is 3.91. The van der Waals surface area contributed by atoms with E-state index in [2.05, 4.69) is 15.3 Å². The van der Waals surface area contributed by atoms with E-state index < -0.39 is 0 Å². The van der Waals surface area contributed by atoms with Gasteiger partial charge in [0.15, 0.2) is 5.16 Å². The fourth-order valence-corrected chi connectivity index (χ4v) is 4.17. The monoisotopic (exact) mass is 397 g/mol. The lowest BCUT2D eigenvalue weighted by Gasteiger charge is -2.24. The van der Waals surface area contributed by atoms with E-state index in [0.717, 1.165) is 11.1 Å². The van der Waals surface area contributed by atoms with E-state index in [1.165, 1.54) is 11.8 Å². The summed E-state index contributed by atoms with van der Waals surface area (Å²) in [5.41, 5.74) is 2.20. The molecule has 0 spiro atoms. The van der Waals surface area contributed by atoms with Gasteiger partial charge in [-0.3, -0.25) is 9.59 Å². The van der Waals surface area contributed by atoms with Crippen LogP contribution in [0.1, 0.15) is 29.0 Å². The zero-order valence-corrected chi connectivity index (χ0v) is 15.8. The van der Waals surface area contributed by atoms with Crippen LogP contribution in [0.4, 0.5) is 5.82 Å². The average Bonchev–Trinajstić information content (AvgIpc) is 2.66. The Hall–Kier alpha value is -2.57. The first-order valence-electron chi connectivity index (χ1n) is 8.46. The molecule has 0 fully saturated rings. The maximum atomic E-state index is 12.8. The first-order chi connectivity index (χ1) is 13.1. The smallest absolute Gasteiger partial charge is 0.257 e. The van der Waals surface area contributed by atoms with Crippen molar-refractivity contribution >= 4 is 35.1 Å². The first kappa shape index (κ1) is 17.8. The second-order valence-corrected chi connectivity index (χ2v) is 7.67. The Morgan fingerprint density at radius 3 is 2.70 bits per heavy atom. The number of benzene rings is 2. The molecule has 136 valence electrons. The molecule has 1 aliphatic heterocycles. The number of amides is 1. The number of nitrogens with zero attached hydrogens (tertiary/aromatic N) is 1. The molecule has 1 aliphatic rings. The van der Waals surface area contributed by atoms with E-state index in [1.807, 2.05) is 42.5 Å². The van der Waals surface area contributed by atoms with Gasteiger partial charge in [-0.15, -0.1) is 0 Å². The highest BCUT2D eigenvalue weighted by Gasteiger charge is 2.31. The number of thioether (sulfide) groups is 1. The largest absolute Gasteiger partial charge is 0.310 e. The van der Waals surface area contributed by atoms with Gasteiger partial charge in [0.2, 0.25) is 5.91 Å². The van der Waals surface area contributed by atoms with Gasteiger partial charge in [0.05, 0.1) is 5.56 Å². The van der Waals surface area contributed by atoms with Crippen molar-refractivity contribution in [3.05, 3.63) is 86.7 Å². The number of halogens is 1. The molecule has 0 saturated heterocycles. The highest BCUT2D eigenvalue weighted by molar-refractivity contribution is 7.98. The van der Waals surface area contributed by atoms with Crippen LogP contribution in [0.15, 0.2) is 64.5 Å². The SMILES string of the molecule is O=C1CC(c2cccc(Cl)c2)c2c(nc(SCc3ccccc3)[nH]c2=O)N1. The van der Waals surface area contributed by atoms with Gasteiger partial charge in [-0.05, 0) is 23.3 Å². The Morgan fingerprint density at radius 2 is 1.93 bits per heavy atom. The number of aromatic nitrogens is 2. The van der Waals surface area contributed by atoms with Crippen molar-refractivity contribution in [1.29, 1.82) is 0 Å². The van der Waals surface area contributed by atoms with E-state index in [4.69, 9.17) is 11.6 Å². The zero-order chi connectivity index (χ0) is 18.8. The van der Waals surface area contributed by atoms with Gasteiger partial charge in [-0.2, -0.15) is 0 Å². The number of aromatic amines is 1. The second-order valence-electron chi connectivity index (χ2n) is 6.27. The fraction of sp³-hybridized carbons (Fsp3) is 0.150. The highest BCUT2D eigenvalue weighted by atomic mass is 35.5. The molecule has 0 radical (unpaired) electrons. The molecular formula is C20H16ClN3O2S. The summed E-state index contributed by atoms with van der Waals surface area (Å²) in [6.45, 7) is 0. The summed E-state index contributed by atoms with van der Waals surface area (Å²) in [7, 11) is 0. The molecule has 0 bridgehead atoms. The summed E-state index contributed by atoms with van der Waals surface area (Å²) in [6.07, 6.45) is 0.189. The van der Waals surface area contributed by atoms with Gasteiger partial charge >= 0.3 is 0 Å². The summed E-state index contributed by atoms with van der Waals surface area (Å²) in [5.74, 6) is 0.478. The molecule has 5 nitrogen and oxygen atoms in total. The third-order valence-electron chi connectivity index (χ3n) is 4.40. The van der Waals surface area contributed by atoms with Gasteiger partial charge < -0.3 is 10.3 Å². The minimum atomic E-state index is -0.364. The maximum absolute atomic E-state index is 12.8. The minimum absolute atomic E-state index is 0.162. The van der Waals surface area contributed by atoms with Crippen molar-refractivity contribution < 1.29 is 4.79 Å². The van der Waals surface area contributed by atoms with E-state index in [0.29, 0.717) is 27.3 Å². The molecule has 4 rings (SSSR count). The number of carbonyl (C=O) groups excluding carboxylic acids is 1. The number of nitrogens with one attached hydrogen (secondary N) is 2. The lowest BCUT2D eigenvalue weighted by atomic mass is 9.87. The molecule has 3 aromatic rings. The number of rotatable bonds is 4. The Balaban J connectivity index is 1.67. The molecule has 1 amide bonds. The number of hydrogen-bond donors (Lipinski definition) is 2. The maximum Gasteiger partial charge on any atom is 0.257 e. The third-order valence-corrected chi connectivity index (χ3v) is 5.58. The molecule has 2 N–H and O–H groups in total. The number of fused-ring (bicyclic) bond motifs is 1. The standard InChI is InChI=1S/C20H16ClN3O2S/c21-14-8-4-7-13(9-14)15-10-16(25)22-18-17(15)19(26)24-20(23-18)27-11-12-5-2-1-3-6-12/h1-9,15H,10-11H2,(H2,22,23,24,25,26). The molecule has 1 unspecified atom stereocenters. The summed E-state index contributed by atoms with van der Waals surface area (Å²) < 4.78 is 0. The fourth-order valence-electron chi connectivity index (χ4n) is 3.15. The van der Waals surface area contributed by atoms with Crippen molar-refractivity contribution in [1.82, 2.24) is 9.97 Å². The molecule has 0 saturated carbocycles. The van der Waals surface area contributed by atoms with Crippen LogP contribution in [0.25, 0.3) is 0 Å². The summed E-state index contributed by atoms with van der Waals surface area (Å²) in [5, 5.41) is 3.79.